The number of benzene rings is 2. The van der Waals surface area contributed by atoms with Gasteiger partial charge in [-0.05, 0) is 42.3 Å². The first-order chi connectivity index (χ1) is 21.8. The van der Waals surface area contributed by atoms with Crippen LogP contribution in [-0.4, -0.2) is 49.6 Å². The Morgan fingerprint density at radius 3 is 2.30 bits per heavy atom. The number of rotatable bonds is 9. The van der Waals surface area contributed by atoms with Crippen molar-refractivity contribution in [2.45, 2.75) is 33.5 Å². The van der Waals surface area contributed by atoms with E-state index in [1.807, 2.05) is 19.1 Å². The molecule has 5 aromatic rings. The molecule has 0 fully saturated rings. The molecular weight excluding hydrogens is 617 g/mol. The number of carboxylic acids is 1. The number of amides is 1. The van der Waals surface area contributed by atoms with Gasteiger partial charge in [-0.25, -0.2) is 19.0 Å². The second kappa shape index (κ2) is 14.7. The summed E-state index contributed by atoms with van der Waals surface area (Å²) in [5, 5.41) is 18.2. The zero-order valence-electron chi connectivity index (χ0n) is 24.4. The van der Waals surface area contributed by atoms with E-state index >= 15 is 0 Å². The normalized spacial score (nSPS) is 11.1. The van der Waals surface area contributed by atoms with E-state index in [-0.39, 0.29) is 72.6 Å². The highest BCUT2D eigenvalue weighted by molar-refractivity contribution is 5.95. The molecule has 17 heteroatoms. The molecule has 47 heavy (non-hydrogen) atoms. The van der Waals surface area contributed by atoms with E-state index in [0.29, 0.717) is 11.1 Å². The molecule has 9 N–H and O–H groups in total. The number of anilines is 3. The topological polar surface area (TPSA) is 260 Å². The number of fused-ring (bicyclic) bond motifs is 1. The van der Waals surface area contributed by atoms with Gasteiger partial charge in [-0.1, -0.05) is 25.6 Å². The third-order valence-corrected chi connectivity index (χ3v) is 6.60. The van der Waals surface area contributed by atoms with Crippen LogP contribution in [0.4, 0.5) is 21.7 Å². The number of methoxy groups -OCH3 is 1. The summed E-state index contributed by atoms with van der Waals surface area (Å²) >= 11 is 0. The highest BCUT2D eigenvalue weighted by atomic mass is 19.1. The van der Waals surface area contributed by atoms with Gasteiger partial charge in [-0.2, -0.15) is 9.50 Å². The Kier molecular flexibility index (Phi) is 11.0. The lowest BCUT2D eigenvalue weighted by molar-refractivity contribution is 0.0599. The second-order valence-electron chi connectivity index (χ2n) is 9.82. The maximum absolute atomic E-state index is 14.1. The SMILES string of the molecule is C.COC(=O)c1ccc([C@@H](C)N)cc1.Nc1nc2nc(C(=O)NCc3ccc(F)c(CNc4c(N)c(=O)c4=O)c3)cc(C(=O)O)n2n1. The number of halogens is 1. The van der Waals surface area contributed by atoms with Gasteiger partial charge in [0.25, 0.3) is 22.5 Å². The molecule has 1 atom stereocenters. The van der Waals surface area contributed by atoms with Crippen LogP contribution < -0.4 is 38.7 Å². The number of esters is 1. The Hall–Kier alpha value is -6.23. The molecule has 5 rings (SSSR count). The molecule has 3 aromatic carbocycles. The van der Waals surface area contributed by atoms with Crippen LogP contribution in [0.15, 0.2) is 58.1 Å². The molecule has 0 aliphatic rings. The van der Waals surface area contributed by atoms with Crippen molar-refractivity contribution in [3.05, 3.63) is 108 Å². The molecule has 0 aliphatic carbocycles. The molecule has 0 unspecified atom stereocenters. The first kappa shape index (κ1) is 35.3. The summed E-state index contributed by atoms with van der Waals surface area (Å²) in [6, 6.07) is 12.2. The average Bonchev–Trinajstić information content (AvgIpc) is 3.43. The van der Waals surface area contributed by atoms with Gasteiger partial charge in [-0.15, -0.1) is 5.10 Å². The van der Waals surface area contributed by atoms with Gasteiger partial charge in [0, 0.05) is 30.8 Å². The molecule has 0 aliphatic heterocycles. The highest BCUT2D eigenvalue weighted by Crippen LogP contribution is 2.16. The smallest absolute Gasteiger partial charge is 0.354 e. The van der Waals surface area contributed by atoms with Crippen LogP contribution in [0.2, 0.25) is 0 Å². The van der Waals surface area contributed by atoms with Crippen molar-refractivity contribution >= 4 is 40.9 Å². The molecule has 2 aromatic heterocycles. The number of nitrogen functional groups attached to an aromatic ring is 2. The van der Waals surface area contributed by atoms with Crippen molar-refractivity contribution in [1.29, 1.82) is 0 Å². The summed E-state index contributed by atoms with van der Waals surface area (Å²) in [6.45, 7) is 1.74. The standard InChI is InChI=1S/C19H15FN8O5.C10H13NO2.CH4/c20-9-2-1-7(3-8(9)6-23-13-12(21)14(29)15(13)30)5-24-16(31)10-4-11(17(32)33)28-19(25-10)26-18(22)27-28;1-7(11)8-3-5-9(6-4-8)10(12)13-2;/h1-4,23H,5-6,21H2,(H2,22,27)(H,24,31)(H,32,33);3-7H,11H2,1-2H3;1H4/t;7-;/m.1./s1. The molecule has 0 spiro atoms. The van der Waals surface area contributed by atoms with Crippen LogP contribution in [0.1, 0.15) is 68.4 Å². The van der Waals surface area contributed by atoms with Gasteiger partial charge in [-0.3, -0.25) is 14.4 Å². The minimum atomic E-state index is -1.36. The molecule has 16 nitrogen and oxygen atoms in total. The van der Waals surface area contributed by atoms with Crippen LogP contribution in [0.5, 0.6) is 0 Å². The monoisotopic (exact) mass is 649 g/mol. The third kappa shape index (κ3) is 7.90. The van der Waals surface area contributed by atoms with E-state index in [1.165, 1.54) is 25.3 Å². The van der Waals surface area contributed by atoms with Crippen molar-refractivity contribution in [2.24, 2.45) is 5.73 Å². The summed E-state index contributed by atoms with van der Waals surface area (Å²) in [7, 11) is 1.36. The summed E-state index contributed by atoms with van der Waals surface area (Å²) in [4.78, 5) is 65.4. The maximum atomic E-state index is 14.1. The van der Waals surface area contributed by atoms with Gasteiger partial charge in [0.05, 0.1) is 12.7 Å². The number of hydrogen-bond acceptors (Lipinski definition) is 13. The number of aromatic nitrogens is 4. The van der Waals surface area contributed by atoms with E-state index in [4.69, 9.17) is 17.2 Å². The Morgan fingerprint density at radius 1 is 1.02 bits per heavy atom. The minimum Gasteiger partial charge on any atom is -0.477 e. The number of nitrogens with one attached hydrogen (secondary N) is 2. The Labute approximate surface area is 266 Å². The van der Waals surface area contributed by atoms with Crippen LogP contribution >= 0.6 is 0 Å². The average molecular weight is 650 g/mol. The number of hydrogen-bond donors (Lipinski definition) is 6. The molecule has 0 radical (unpaired) electrons. The second-order valence-corrected chi connectivity index (χ2v) is 9.82. The predicted octanol–water partition coefficient (Wildman–Crippen LogP) is 1.39. The van der Waals surface area contributed by atoms with Gasteiger partial charge >= 0.3 is 11.9 Å². The lowest BCUT2D eigenvalue weighted by Gasteiger charge is -2.12. The van der Waals surface area contributed by atoms with Crippen LogP contribution in [0, 0.1) is 5.82 Å². The number of ether oxygens (including phenoxy) is 1. The summed E-state index contributed by atoms with van der Waals surface area (Å²) < 4.78 is 19.6. The number of nitrogens with zero attached hydrogens (tertiary/aromatic N) is 4. The largest absolute Gasteiger partial charge is 0.477 e. The molecule has 2 heterocycles. The van der Waals surface area contributed by atoms with Crippen LogP contribution in [0.3, 0.4) is 0 Å². The number of carbonyl (C=O) groups excluding carboxylic acids is 2. The first-order valence-corrected chi connectivity index (χ1v) is 13.4. The summed E-state index contributed by atoms with van der Waals surface area (Å²) in [6.07, 6.45) is 0. The lowest BCUT2D eigenvalue weighted by Crippen LogP contribution is -2.37. The van der Waals surface area contributed by atoms with Gasteiger partial charge < -0.3 is 37.7 Å². The molecule has 1 amide bonds. The third-order valence-electron chi connectivity index (χ3n) is 6.60. The molecule has 0 saturated heterocycles. The maximum Gasteiger partial charge on any atom is 0.354 e. The van der Waals surface area contributed by atoms with Gasteiger partial charge in [0.1, 0.15) is 22.9 Å². The quantitative estimate of drug-likeness (QED) is 0.0974. The van der Waals surface area contributed by atoms with Gasteiger partial charge in [0.2, 0.25) is 5.95 Å². The molecule has 246 valence electrons. The van der Waals surface area contributed by atoms with E-state index in [2.05, 4.69) is 30.4 Å². The predicted molar refractivity (Wildman–Crippen MR) is 170 cm³/mol. The number of aromatic carboxylic acids is 1. The number of carboxylic acid groups (broad SMARTS) is 1. The summed E-state index contributed by atoms with van der Waals surface area (Å²) in [5.41, 5.74) is 16.4. The van der Waals surface area contributed by atoms with E-state index in [1.54, 1.807) is 12.1 Å². The first-order valence-electron chi connectivity index (χ1n) is 13.4. The molecule has 0 bridgehead atoms. The minimum absolute atomic E-state index is 0. The van der Waals surface area contributed by atoms with Gasteiger partial charge in [0.15, 0.2) is 5.69 Å². The van der Waals surface area contributed by atoms with Crippen molar-refractivity contribution in [2.75, 3.05) is 23.9 Å². The van der Waals surface area contributed by atoms with Crippen LogP contribution in [0.25, 0.3) is 5.78 Å². The van der Waals surface area contributed by atoms with E-state index in [9.17, 15) is 33.5 Å². The van der Waals surface area contributed by atoms with Crippen LogP contribution in [-0.2, 0) is 17.8 Å². The lowest BCUT2D eigenvalue weighted by atomic mass is 10.1. The fraction of sp³-hybridized carbons (Fsp3) is 0.200. The Balaban J connectivity index is 0.000000362. The molecule has 0 saturated carbocycles. The van der Waals surface area contributed by atoms with Crippen molar-refractivity contribution in [3.8, 4) is 0 Å². The fourth-order valence-corrected chi connectivity index (χ4v) is 4.11. The zero-order chi connectivity index (χ0) is 33.7. The number of nitrogens with two attached hydrogens (primary N) is 3. The zero-order valence-corrected chi connectivity index (χ0v) is 24.4. The van der Waals surface area contributed by atoms with E-state index in [0.717, 1.165) is 16.1 Å². The van der Waals surface area contributed by atoms with E-state index < -0.39 is 28.6 Å². The Bertz CT molecular complexity index is 2020. The fourth-order valence-electron chi connectivity index (χ4n) is 4.11. The van der Waals surface area contributed by atoms with Crippen molar-refractivity contribution in [1.82, 2.24) is 24.9 Å². The summed E-state index contributed by atoms with van der Waals surface area (Å²) in [5.74, 6) is -3.33. The Morgan fingerprint density at radius 2 is 1.70 bits per heavy atom. The number of carbonyl (C=O) groups is 3. The molecular formula is C30H32FN9O7. The van der Waals surface area contributed by atoms with Crippen molar-refractivity contribution < 1.29 is 28.6 Å². The highest BCUT2D eigenvalue weighted by Gasteiger charge is 2.20. The van der Waals surface area contributed by atoms with Crippen molar-refractivity contribution in [3.63, 3.8) is 0 Å².